The van der Waals surface area contributed by atoms with Gasteiger partial charge in [-0.3, -0.25) is 4.55 Å². The molecule has 0 aromatic rings. The molecule has 1 atom stereocenters. The Morgan fingerprint density at radius 1 is 1.55 bits per heavy atom. The van der Waals surface area contributed by atoms with Crippen LogP contribution in [0.4, 0.5) is 0 Å². The van der Waals surface area contributed by atoms with Crippen molar-refractivity contribution in [2.75, 3.05) is 6.61 Å². The van der Waals surface area contributed by atoms with Gasteiger partial charge < -0.3 is 4.74 Å². The fourth-order valence-electron chi connectivity index (χ4n) is 1.31. The summed E-state index contributed by atoms with van der Waals surface area (Å²) in [4.78, 5) is 0. The molecule has 4 nitrogen and oxygen atoms in total. The Labute approximate surface area is 65.3 Å². The molecule has 2 fully saturated rings. The highest BCUT2D eigenvalue weighted by Gasteiger charge is 2.56. The smallest absolute Gasteiger partial charge is 0.270 e. The van der Waals surface area contributed by atoms with Gasteiger partial charge in [0.2, 0.25) is 0 Å². The first-order chi connectivity index (χ1) is 5.04. The lowest BCUT2D eigenvalue weighted by atomic mass is 10.2. The maximum Gasteiger partial charge on any atom is 0.270 e. The minimum Gasteiger partial charge on any atom is -0.373 e. The van der Waals surface area contributed by atoms with Gasteiger partial charge in [-0.25, -0.2) is 0 Å². The van der Waals surface area contributed by atoms with E-state index >= 15 is 0 Å². The van der Waals surface area contributed by atoms with Crippen molar-refractivity contribution in [3.63, 3.8) is 0 Å². The number of hydrogen-bond acceptors (Lipinski definition) is 3. The average Bonchev–Trinajstić information content (AvgIpc) is 2.60. The molecule has 5 heteroatoms. The topological polar surface area (TPSA) is 66.9 Å². The summed E-state index contributed by atoms with van der Waals surface area (Å²) in [6, 6.07) is 0. The molecule has 0 unspecified atom stereocenters. The molecule has 1 saturated heterocycles. The van der Waals surface area contributed by atoms with E-state index in [-0.39, 0.29) is 6.10 Å². The Kier molecular flexibility index (Phi) is 1.34. The van der Waals surface area contributed by atoms with Crippen LogP contribution in [0.3, 0.4) is 0 Å². The van der Waals surface area contributed by atoms with Crippen LogP contribution in [0.1, 0.15) is 19.3 Å². The van der Waals surface area contributed by atoms with Crippen LogP contribution >= 0.6 is 0 Å². The van der Waals surface area contributed by atoms with E-state index in [1.54, 1.807) is 0 Å². The van der Waals surface area contributed by atoms with Crippen LogP contribution in [0.25, 0.3) is 0 Å². The Bertz CT molecular complexity index is 260. The third-order valence-electron chi connectivity index (χ3n) is 2.36. The zero-order valence-electron chi connectivity index (χ0n) is 5.99. The van der Waals surface area contributed by atoms with Crippen LogP contribution in [0.2, 0.25) is 0 Å². The van der Waals surface area contributed by atoms with E-state index in [1.165, 1.54) is 0 Å². The molecular weight excluding hydrogens is 168 g/mol. The van der Waals surface area contributed by atoms with Gasteiger partial charge in [0.25, 0.3) is 10.1 Å². The van der Waals surface area contributed by atoms with Crippen molar-refractivity contribution in [2.45, 2.75) is 30.1 Å². The van der Waals surface area contributed by atoms with E-state index in [0.29, 0.717) is 25.9 Å². The second-order valence-corrected chi connectivity index (χ2v) is 5.13. The molecule has 0 aromatic heterocycles. The van der Waals surface area contributed by atoms with Crippen molar-refractivity contribution in [1.29, 1.82) is 0 Å². The molecule has 11 heavy (non-hydrogen) atoms. The van der Waals surface area contributed by atoms with Crippen LogP contribution in [0.15, 0.2) is 0 Å². The lowest BCUT2D eigenvalue weighted by Crippen LogP contribution is -2.24. The SMILES string of the molecule is O=S(=O)(O)C1(C[C@@H]2CO2)CC1. The van der Waals surface area contributed by atoms with Crippen molar-refractivity contribution in [3.05, 3.63) is 0 Å². The Morgan fingerprint density at radius 3 is 2.36 bits per heavy atom. The van der Waals surface area contributed by atoms with Crippen LogP contribution in [-0.2, 0) is 14.9 Å². The van der Waals surface area contributed by atoms with Crippen LogP contribution in [-0.4, -0.2) is 30.4 Å². The fraction of sp³-hybridized carbons (Fsp3) is 1.00. The fourth-order valence-corrected chi connectivity index (χ4v) is 2.32. The summed E-state index contributed by atoms with van der Waals surface area (Å²) in [5.41, 5.74) is 0. The lowest BCUT2D eigenvalue weighted by Gasteiger charge is -2.07. The number of epoxide rings is 1. The Morgan fingerprint density at radius 2 is 2.09 bits per heavy atom. The van der Waals surface area contributed by atoms with E-state index in [4.69, 9.17) is 9.29 Å². The summed E-state index contributed by atoms with van der Waals surface area (Å²) >= 11 is 0. The molecule has 1 saturated carbocycles. The molecule has 2 aliphatic rings. The second kappa shape index (κ2) is 1.97. The van der Waals surface area contributed by atoms with Gasteiger partial charge in [-0.2, -0.15) is 8.42 Å². The summed E-state index contributed by atoms with van der Waals surface area (Å²) < 4.78 is 34.4. The quantitative estimate of drug-likeness (QED) is 0.495. The minimum atomic E-state index is -3.83. The molecule has 0 spiro atoms. The molecule has 64 valence electrons. The first-order valence-corrected chi connectivity index (χ1v) is 5.06. The van der Waals surface area contributed by atoms with Gasteiger partial charge >= 0.3 is 0 Å². The summed E-state index contributed by atoms with van der Waals surface area (Å²) in [5, 5.41) is 0. The van der Waals surface area contributed by atoms with Crippen molar-refractivity contribution < 1.29 is 17.7 Å². The molecule has 2 rings (SSSR count). The lowest BCUT2D eigenvalue weighted by molar-refractivity contribution is 0.380. The predicted octanol–water partition coefficient (Wildman–Crippen LogP) is 0.196. The second-order valence-electron chi connectivity index (χ2n) is 3.32. The molecular formula is C6H10O4S. The predicted molar refractivity (Wildman–Crippen MR) is 37.9 cm³/mol. The van der Waals surface area contributed by atoms with Crippen molar-refractivity contribution >= 4 is 10.1 Å². The zero-order valence-corrected chi connectivity index (χ0v) is 6.80. The highest BCUT2D eigenvalue weighted by atomic mass is 32.2. The van der Waals surface area contributed by atoms with Gasteiger partial charge in [-0.05, 0) is 19.3 Å². The van der Waals surface area contributed by atoms with Crippen molar-refractivity contribution in [3.8, 4) is 0 Å². The zero-order chi connectivity index (χ0) is 8.11. The van der Waals surface area contributed by atoms with E-state index in [0.717, 1.165) is 0 Å². The molecule has 1 heterocycles. The van der Waals surface area contributed by atoms with Gasteiger partial charge in [0, 0.05) is 0 Å². The van der Waals surface area contributed by atoms with Gasteiger partial charge in [0.05, 0.1) is 12.7 Å². The Balaban J connectivity index is 2.09. The summed E-state index contributed by atoms with van der Waals surface area (Å²) in [7, 11) is -3.83. The third-order valence-corrected chi connectivity index (χ3v) is 4.03. The largest absolute Gasteiger partial charge is 0.373 e. The molecule has 0 aromatic carbocycles. The monoisotopic (exact) mass is 178 g/mol. The maximum atomic E-state index is 10.8. The molecule has 0 bridgehead atoms. The normalized spacial score (nSPS) is 33.4. The minimum absolute atomic E-state index is 0.0828. The molecule has 1 aliphatic carbocycles. The highest BCUT2D eigenvalue weighted by Crippen LogP contribution is 2.48. The molecule has 0 radical (unpaired) electrons. The number of rotatable bonds is 3. The molecule has 0 amide bonds. The summed E-state index contributed by atoms with van der Waals surface area (Å²) in [5.74, 6) is 0. The van der Waals surface area contributed by atoms with Gasteiger partial charge in [-0.15, -0.1) is 0 Å². The van der Waals surface area contributed by atoms with Crippen LogP contribution < -0.4 is 0 Å². The number of ether oxygens (including phenoxy) is 1. The van der Waals surface area contributed by atoms with E-state index < -0.39 is 14.9 Å². The Hall–Kier alpha value is -0.130. The van der Waals surface area contributed by atoms with E-state index in [2.05, 4.69) is 0 Å². The standard InChI is InChI=1S/C6H10O4S/c7-11(8,9)6(1-2-6)3-5-4-10-5/h5H,1-4H2,(H,7,8,9)/t5-/m1/s1. The van der Waals surface area contributed by atoms with Crippen LogP contribution in [0.5, 0.6) is 0 Å². The maximum absolute atomic E-state index is 10.8. The third kappa shape index (κ3) is 1.28. The van der Waals surface area contributed by atoms with Crippen molar-refractivity contribution in [2.24, 2.45) is 0 Å². The molecule has 1 N–H and O–H groups in total. The first kappa shape index (κ1) is 7.52. The first-order valence-electron chi connectivity index (χ1n) is 3.62. The average molecular weight is 178 g/mol. The van der Waals surface area contributed by atoms with Gasteiger partial charge in [0.1, 0.15) is 4.75 Å². The summed E-state index contributed by atoms with van der Waals surface area (Å²) in [6.07, 6.45) is 1.74. The summed E-state index contributed by atoms with van der Waals surface area (Å²) in [6.45, 7) is 0.650. The van der Waals surface area contributed by atoms with Gasteiger partial charge in [-0.1, -0.05) is 0 Å². The van der Waals surface area contributed by atoms with Crippen molar-refractivity contribution in [1.82, 2.24) is 0 Å². The van der Waals surface area contributed by atoms with E-state index in [9.17, 15) is 8.42 Å². The molecule has 1 aliphatic heterocycles. The number of hydrogen-bond donors (Lipinski definition) is 1. The van der Waals surface area contributed by atoms with Crippen LogP contribution in [0, 0.1) is 0 Å². The van der Waals surface area contributed by atoms with E-state index in [1.807, 2.05) is 0 Å². The highest BCUT2D eigenvalue weighted by molar-refractivity contribution is 7.87. The van der Waals surface area contributed by atoms with Gasteiger partial charge in [0.15, 0.2) is 0 Å².